The van der Waals surface area contributed by atoms with E-state index < -0.39 is 0 Å². The highest BCUT2D eigenvalue weighted by Crippen LogP contribution is 2.15. The van der Waals surface area contributed by atoms with Gasteiger partial charge in [0.15, 0.2) is 0 Å². The number of hydrogen-bond donors (Lipinski definition) is 1. The number of carbonyl (C=O) groups excluding carboxylic acids is 1. The number of rotatable bonds is 9. The minimum absolute atomic E-state index is 0.107. The van der Waals surface area contributed by atoms with Gasteiger partial charge in [0.2, 0.25) is 5.91 Å². The lowest BCUT2D eigenvalue weighted by Crippen LogP contribution is -2.48. The van der Waals surface area contributed by atoms with Gasteiger partial charge in [-0.2, -0.15) is 0 Å². The van der Waals surface area contributed by atoms with Gasteiger partial charge in [0.25, 0.3) is 0 Å². The van der Waals surface area contributed by atoms with E-state index in [1.54, 1.807) is 0 Å². The van der Waals surface area contributed by atoms with E-state index in [9.17, 15) is 4.79 Å². The van der Waals surface area contributed by atoms with E-state index in [1.165, 1.54) is 11.3 Å². The predicted molar refractivity (Wildman–Crippen MR) is 114 cm³/mol. The first-order valence-electron chi connectivity index (χ1n) is 10.2. The molecule has 0 bridgehead atoms. The molecule has 0 atom stereocenters. The van der Waals surface area contributed by atoms with E-state index in [0.29, 0.717) is 19.6 Å². The van der Waals surface area contributed by atoms with Gasteiger partial charge in [0, 0.05) is 51.4 Å². The van der Waals surface area contributed by atoms with Gasteiger partial charge in [-0.1, -0.05) is 35.9 Å². The van der Waals surface area contributed by atoms with E-state index in [-0.39, 0.29) is 5.91 Å². The molecule has 0 radical (unpaired) electrons. The van der Waals surface area contributed by atoms with Gasteiger partial charge >= 0.3 is 0 Å². The maximum atomic E-state index is 12.0. The molecule has 1 N–H and O–H groups in total. The largest absolute Gasteiger partial charge is 0.494 e. The molecule has 1 heterocycles. The molecule has 0 spiro atoms. The van der Waals surface area contributed by atoms with Gasteiger partial charge < -0.3 is 15.0 Å². The molecule has 0 aliphatic carbocycles. The highest BCUT2D eigenvalue weighted by molar-refractivity contribution is 5.75. The second-order valence-electron chi connectivity index (χ2n) is 7.28. The predicted octanol–water partition coefficient (Wildman–Crippen LogP) is 3.09. The number of benzene rings is 2. The summed E-state index contributed by atoms with van der Waals surface area (Å²) in [5, 5.41) is 3.03. The fourth-order valence-corrected chi connectivity index (χ4v) is 3.37. The van der Waals surface area contributed by atoms with Crippen molar-refractivity contribution in [3.05, 3.63) is 60.2 Å². The number of amides is 1. The molecule has 0 aromatic heterocycles. The summed E-state index contributed by atoms with van der Waals surface area (Å²) >= 11 is 0. The number of piperazine rings is 1. The third-order valence-electron chi connectivity index (χ3n) is 5.08. The molecule has 5 heteroatoms. The SMILES string of the molecule is Cc1ccc(OCCCC(=O)NCCN2CCN(c3ccccc3)CC2)cc1. The highest BCUT2D eigenvalue weighted by Gasteiger charge is 2.16. The molecule has 1 saturated heterocycles. The van der Waals surface area contributed by atoms with E-state index in [0.717, 1.165) is 44.9 Å². The molecule has 5 nitrogen and oxygen atoms in total. The summed E-state index contributed by atoms with van der Waals surface area (Å²) in [5.41, 5.74) is 2.51. The Labute approximate surface area is 168 Å². The van der Waals surface area contributed by atoms with Crippen molar-refractivity contribution in [3.63, 3.8) is 0 Å². The van der Waals surface area contributed by atoms with Gasteiger partial charge in [0.1, 0.15) is 5.75 Å². The number of para-hydroxylation sites is 1. The molecular formula is C23H31N3O2. The Morgan fingerprint density at radius 1 is 1.00 bits per heavy atom. The number of aryl methyl sites for hydroxylation is 1. The number of nitrogens with zero attached hydrogens (tertiary/aromatic N) is 2. The van der Waals surface area contributed by atoms with Crippen LogP contribution in [0.5, 0.6) is 5.75 Å². The van der Waals surface area contributed by atoms with Gasteiger partial charge in [-0.3, -0.25) is 9.69 Å². The van der Waals surface area contributed by atoms with Crippen molar-refractivity contribution >= 4 is 11.6 Å². The Hall–Kier alpha value is -2.53. The fourth-order valence-electron chi connectivity index (χ4n) is 3.37. The van der Waals surface area contributed by atoms with E-state index in [2.05, 4.69) is 52.4 Å². The summed E-state index contributed by atoms with van der Waals surface area (Å²) in [7, 11) is 0. The van der Waals surface area contributed by atoms with Crippen LogP contribution in [0.15, 0.2) is 54.6 Å². The van der Waals surface area contributed by atoms with E-state index in [1.807, 2.05) is 24.3 Å². The van der Waals surface area contributed by atoms with Crippen molar-refractivity contribution in [3.8, 4) is 5.75 Å². The zero-order valence-electron chi connectivity index (χ0n) is 16.8. The summed E-state index contributed by atoms with van der Waals surface area (Å²) in [6.45, 7) is 8.39. The molecule has 1 amide bonds. The van der Waals surface area contributed by atoms with Crippen LogP contribution in [0.4, 0.5) is 5.69 Å². The number of anilines is 1. The first-order chi connectivity index (χ1) is 13.7. The number of hydrogen-bond acceptors (Lipinski definition) is 4. The quantitative estimate of drug-likeness (QED) is 0.678. The van der Waals surface area contributed by atoms with Crippen LogP contribution in [-0.4, -0.2) is 56.7 Å². The molecule has 2 aromatic rings. The maximum Gasteiger partial charge on any atom is 0.220 e. The third kappa shape index (κ3) is 6.57. The van der Waals surface area contributed by atoms with Crippen LogP contribution in [-0.2, 0) is 4.79 Å². The van der Waals surface area contributed by atoms with Crippen LogP contribution in [0, 0.1) is 6.92 Å². The van der Waals surface area contributed by atoms with E-state index in [4.69, 9.17) is 4.74 Å². The normalized spacial score (nSPS) is 14.7. The van der Waals surface area contributed by atoms with Crippen molar-refractivity contribution in [2.75, 3.05) is 50.8 Å². The first kappa shape index (κ1) is 20.2. The smallest absolute Gasteiger partial charge is 0.220 e. The fraction of sp³-hybridized carbons (Fsp3) is 0.435. The minimum Gasteiger partial charge on any atom is -0.494 e. The molecule has 3 rings (SSSR count). The van der Waals surface area contributed by atoms with Gasteiger partial charge in [-0.15, -0.1) is 0 Å². The van der Waals surface area contributed by atoms with Gasteiger partial charge in [-0.25, -0.2) is 0 Å². The highest BCUT2D eigenvalue weighted by atomic mass is 16.5. The third-order valence-corrected chi connectivity index (χ3v) is 5.08. The van der Waals surface area contributed by atoms with Crippen LogP contribution < -0.4 is 15.0 Å². The summed E-state index contributed by atoms with van der Waals surface area (Å²) < 4.78 is 5.66. The number of ether oxygens (including phenoxy) is 1. The van der Waals surface area contributed by atoms with E-state index >= 15 is 0 Å². The second kappa shape index (κ2) is 10.7. The molecule has 150 valence electrons. The molecule has 0 unspecified atom stereocenters. The molecule has 0 saturated carbocycles. The Balaban J connectivity index is 1.23. The zero-order valence-corrected chi connectivity index (χ0v) is 16.8. The molecule has 1 aliphatic rings. The minimum atomic E-state index is 0.107. The number of carbonyl (C=O) groups is 1. The van der Waals surface area contributed by atoms with Crippen LogP contribution in [0.3, 0.4) is 0 Å². The summed E-state index contributed by atoms with van der Waals surface area (Å²) in [5.74, 6) is 0.969. The van der Waals surface area contributed by atoms with Crippen molar-refractivity contribution < 1.29 is 9.53 Å². The monoisotopic (exact) mass is 381 g/mol. The van der Waals surface area contributed by atoms with Gasteiger partial charge in [-0.05, 0) is 37.6 Å². The lowest BCUT2D eigenvalue weighted by Gasteiger charge is -2.36. The Bertz CT molecular complexity index is 710. The summed E-state index contributed by atoms with van der Waals surface area (Å²) in [4.78, 5) is 16.8. The maximum absolute atomic E-state index is 12.0. The standard InChI is InChI=1S/C23H31N3O2/c1-20-9-11-22(12-10-20)28-19-5-8-23(27)24-13-14-25-15-17-26(18-16-25)21-6-3-2-4-7-21/h2-4,6-7,9-12H,5,8,13-19H2,1H3,(H,24,27). The van der Waals surface area contributed by atoms with Crippen molar-refractivity contribution in [2.45, 2.75) is 19.8 Å². The molecular weight excluding hydrogens is 350 g/mol. The summed E-state index contributed by atoms with van der Waals surface area (Å²) in [6, 6.07) is 18.5. The molecule has 2 aromatic carbocycles. The topological polar surface area (TPSA) is 44.8 Å². The zero-order chi connectivity index (χ0) is 19.6. The lowest BCUT2D eigenvalue weighted by atomic mass is 10.2. The molecule has 1 fully saturated rings. The van der Waals surface area contributed by atoms with Crippen LogP contribution >= 0.6 is 0 Å². The van der Waals surface area contributed by atoms with Gasteiger partial charge in [0.05, 0.1) is 6.61 Å². The average molecular weight is 382 g/mol. The summed E-state index contributed by atoms with van der Waals surface area (Å²) in [6.07, 6.45) is 1.24. The van der Waals surface area contributed by atoms with Crippen LogP contribution in [0.2, 0.25) is 0 Å². The van der Waals surface area contributed by atoms with Crippen molar-refractivity contribution in [1.82, 2.24) is 10.2 Å². The average Bonchev–Trinajstić information content (AvgIpc) is 2.74. The van der Waals surface area contributed by atoms with Crippen LogP contribution in [0.1, 0.15) is 18.4 Å². The Morgan fingerprint density at radius 3 is 2.43 bits per heavy atom. The Kier molecular flexibility index (Phi) is 7.73. The molecule has 1 aliphatic heterocycles. The van der Waals surface area contributed by atoms with Crippen molar-refractivity contribution in [1.29, 1.82) is 0 Å². The first-order valence-corrected chi connectivity index (χ1v) is 10.2. The Morgan fingerprint density at radius 2 is 1.71 bits per heavy atom. The number of nitrogens with one attached hydrogen (secondary N) is 1. The lowest BCUT2D eigenvalue weighted by molar-refractivity contribution is -0.121. The van der Waals surface area contributed by atoms with Crippen LogP contribution in [0.25, 0.3) is 0 Å². The second-order valence-corrected chi connectivity index (χ2v) is 7.28. The van der Waals surface area contributed by atoms with Crippen molar-refractivity contribution in [2.24, 2.45) is 0 Å². The molecule has 28 heavy (non-hydrogen) atoms.